The number of hydrogen-bond donors (Lipinski definition) is 1. The van der Waals surface area contributed by atoms with Gasteiger partial charge in [0.1, 0.15) is 6.10 Å². The van der Waals surface area contributed by atoms with Crippen molar-refractivity contribution >= 4 is 5.97 Å². The standard InChI is InChI=1S/C13H20N4O2/c1-9-2-4-11(5-3-9)19-13(18)12-8-17(16-15-12)10-6-14-7-10/h8-11,14H,2-7H2,1H3. The second kappa shape index (κ2) is 5.28. The third-order valence-electron chi connectivity index (χ3n) is 4.09. The largest absolute Gasteiger partial charge is 0.458 e. The molecule has 1 N–H and O–H groups in total. The molecule has 1 aliphatic carbocycles. The first-order chi connectivity index (χ1) is 9.22. The molecule has 0 aromatic carbocycles. The maximum Gasteiger partial charge on any atom is 0.360 e. The highest BCUT2D eigenvalue weighted by Gasteiger charge is 2.25. The van der Waals surface area contributed by atoms with Gasteiger partial charge in [-0.3, -0.25) is 0 Å². The minimum absolute atomic E-state index is 0.0548. The van der Waals surface area contributed by atoms with Gasteiger partial charge in [0, 0.05) is 13.1 Å². The summed E-state index contributed by atoms with van der Waals surface area (Å²) in [7, 11) is 0. The van der Waals surface area contributed by atoms with Crippen molar-refractivity contribution in [3.8, 4) is 0 Å². The van der Waals surface area contributed by atoms with E-state index in [1.165, 1.54) is 0 Å². The van der Waals surface area contributed by atoms with Crippen molar-refractivity contribution < 1.29 is 9.53 Å². The fourth-order valence-corrected chi connectivity index (χ4v) is 2.57. The second-order valence-electron chi connectivity index (χ2n) is 5.68. The summed E-state index contributed by atoms with van der Waals surface area (Å²) in [4.78, 5) is 12.0. The Bertz CT molecular complexity index is 447. The molecule has 1 aromatic rings. The minimum atomic E-state index is -0.335. The van der Waals surface area contributed by atoms with Crippen molar-refractivity contribution in [2.24, 2.45) is 5.92 Å². The van der Waals surface area contributed by atoms with Gasteiger partial charge in [0.15, 0.2) is 5.69 Å². The van der Waals surface area contributed by atoms with E-state index in [1.807, 2.05) is 0 Å². The number of aromatic nitrogens is 3. The third kappa shape index (κ3) is 2.78. The second-order valence-corrected chi connectivity index (χ2v) is 5.68. The molecule has 0 atom stereocenters. The van der Waals surface area contributed by atoms with Gasteiger partial charge in [-0.2, -0.15) is 0 Å². The lowest BCUT2D eigenvalue weighted by Gasteiger charge is -2.26. The monoisotopic (exact) mass is 264 g/mol. The van der Waals surface area contributed by atoms with E-state index in [0.717, 1.165) is 44.7 Å². The molecule has 3 rings (SSSR count). The smallest absolute Gasteiger partial charge is 0.360 e. The molecule has 1 aromatic heterocycles. The fourth-order valence-electron chi connectivity index (χ4n) is 2.57. The Labute approximate surface area is 112 Å². The highest BCUT2D eigenvalue weighted by Crippen LogP contribution is 2.26. The molecule has 6 heteroatoms. The van der Waals surface area contributed by atoms with Crippen LogP contribution in [0.4, 0.5) is 0 Å². The molecule has 0 unspecified atom stereocenters. The average molecular weight is 264 g/mol. The van der Waals surface area contributed by atoms with Crippen LogP contribution in [0.2, 0.25) is 0 Å². The van der Waals surface area contributed by atoms with E-state index in [4.69, 9.17) is 4.74 Å². The Morgan fingerprint density at radius 3 is 2.74 bits per heavy atom. The molecule has 1 aliphatic heterocycles. The van der Waals surface area contributed by atoms with Crippen LogP contribution in [0.5, 0.6) is 0 Å². The average Bonchev–Trinajstić information content (AvgIpc) is 2.79. The zero-order chi connectivity index (χ0) is 13.2. The number of hydrogen-bond acceptors (Lipinski definition) is 5. The fraction of sp³-hybridized carbons (Fsp3) is 0.769. The molecular weight excluding hydrogens is 244 g/mol. The van der Waals surface area contributed by atoms with Crippen LogP contribution in [0.3, 0.4) is 0 Å². The Hall–Kier alpha value is -1.43. The van der Waals surface area contributed by atoms with E-state index in [2.05, 4.69) is 22.6 Å². The molecular formula is C13H20N4O2. The zero-order valence-electron chi connectivity index (χ0n) is 11.2. The predicted molar refractivity (Wildman–Crippen MR) is 68.8 cm³/mol. The first kappa shape index (κ1) is 12.6. The van der Waals surface area contributed by atoms with E-state index < -0.39 is 0 Å². The summed E-state index contributed by atoms with van der Waals surface area (Å²) in [6.07, 6.45) is 5.95. The number of ether oxygens (including phenoxy) is 1. The van der Waals surface area contributed by atoms with Crippen LogP contribution in [0.15, 0.2) is 6.20 Å². The minimum Gasteiger partial charge on any atom is -0.458 e. The normalized spacial score (nSPS) is 27.8. The van der Waals surface area contributed by atoms with Crippen LogP contribution in [0.25, 0.3) is 0 Å². The van der Waals surface area contributed by atoms with Gasteiger partial charge in [0.05, 0.1) is 12.2 Å². The number of rotatable bonds is 3. The Morgan fingerprint density at radius 2 is 2.11 bits per heavy atom. The van der Waals surface area contributed by atoms with Gasteiger partial charge >= 0.3 is 5.97 Å². The highest BCUT2D eigenvalue weighted by molar-refractivity contribution is 5.86. The van der Waals surface area contributed by atoms with Crippen molar-refractivity contribution in [3.63, 3.8) is 0 Å². The molecule has 2 aliphatic rings. The van der Waals surface area contributed by atoms with Gasteiger partial charge in [-0.25, -0.2) is 9.48 Å². The van der Waals surface area contributed by atoms with Gasteiger partial charge < -0.3 is 10.1 Å². The van der Waals surface area contributed by atoms with E-state index in [9.17, 15) is 4.79 Å². The lowest BCUT2D eigenvalue weighted by Crippen LogP contribution is -2.43. The summed E-state index contributed by atoms with van der Waals surface area (Å²) in [6, 6.07) is 0.324. The topological polar surface area (TPSA) is 69.0 Å². The molecule has 0 amide bonds. The van der Waals surface area contributed by atoms with E-state index >= 15 is 0 Å². The van der Waals surface area contributed by atoms with Crippen LogP contribution in [-0.4, -0.2) is 40.2 Å². The van der Waals surface area contributed by atoms with E-state index in [-0.39, 0.29) is 12.1 Å². The molecule has 0 bridgehead atoms. The lowest BCUT2D eigenvalue weighted by atomic mass is 9.89. The number of nitrogens with one attached hydrogen (secondary N) is 1. The lowest BCUT2D eigenvalue weighted by molar-refractivity contribution is 0.0167. The summed E-state index contributed by atoms with van der Waals surface area (Å²) in [6.45, 7) is 4.02. The van der Waals surface area contributed by atoms with Gasteiger partial charge in [-0.1, -0.05) is 12.1 Å². The number of carbonyl (C=O) groups is 1. The maximum absolute atomic E-state index is 12.0. The summed E-state index contributed by atoms with van der Waals surface area (Å²) in [5.74, 6) is 0.417. The number of carbonyl (C=O) groups excluding carboxylic acids is 1. The Kier molecular flexibility index (Phi) is 3.50. The maximum atomic E-state index is 12.0. The van der Waals surface area contributed by atoms with Gasteiger partial charge in [-0.05, 0) is 31.6 Å². The predicted octanol–water partition coefficient (Wildman–Crippen LogP) is 1.16. The highest BCUT2D eigenvalue weighted by atomic mass is 16.5. The molecule has 104 valence electrons. The van der Waals surface area contributed by atoms with E-state index in [1.54, 1.807) is 10.9 Å². The Morgan fingerprint density at radius 1 is 1.37 bits per heavy atom. The molecule has 0 radical (unpaired) electrons. The van der Waals surface area contributed by atoms with Gasteiger partial charge in [-0.15, -0.1) is 5.10 Å². The zero-order valence-corrected chi connectivity index (χ0v) is 11.2. The molecule has 1 saturated heterocycles. The molecule has 1 saturated carbocycles. The van der Waals surface area contributed by atoms with Crippen LogP contribution >= 0.6 is 0 Å². The van der Waals surface area contributed by atoms with Crippen LogP contribution in [-0.2, 0) is 4.74 Å². The van der Waals surface area contributed by atoms with Crippen molar-refractivity contribution in [1.82, 2.24) is 20.3 Å². The molecule has 2 fully saturated rings. The van der Waals surface area contributed by atoms with Crippen molar-refractivity contribution in [2.75, 3.05) is 13.1 Å². The first-order valence-corrected chi connectivity index (χ1v) is 7.06. The number of nitrogens with zero attached hydrogens (tertiary/aromatic N) is 3. The summed E-state index contributed by atoms with van der Waals surface area (Å²) in [5, 5.41) is 11.1. The van der Waals surface area contributed by atoms with Crippen LogP contribution in [0.1, 0.15) is 49.1 Å². The number of esters is 1. The molecule has 0 spiro atoms. The molecule has 19 heavy (non-hydrogen) atoms. The summed E-state index contributed by atoms with van der Waals surface area (Å²) < 4.78 is 7.25. The van der Waals surface area contributed by atoms with E-state index in [0.29, 0.717) is 11.7 Å². The van der Waals surface area contributed by atoms with Crippen molar-refractivity contribution in [3.05, 3.63) is 11.9 Å². The van der Waals surface area contributed by atoms with Crippen LogP contribution < -0.4 is 5.32 Å². The molecule has 6 nitrogen and oxygen atoms in total. The van der Waals surface area contributed by atoms with Crippen molar-refractivity contribution in [1.29, 1.82) is 0 Å². The van der Waals surface area contributed by atoms with Gasteiger partial charge in [0.25, 0.3) is 0 Å². The molecule has 2 heterocycles. The first-order valence-electron chi connectivity index (χ1n) is 7.06. The van der Waals surface area contributed by atoms with Crippen molar-refractivity contribution in [2.45, 2.75) is 44.8 Å². The van der Waals surface area contributed by atoms with Gasteiger partial charge in [0.2, 0.25) is 0 Å². The van der Waals surface area contributed by atoms with Crippen LogP contribution in [0, 0.1) is 5.92 Å². The third-order valence-corrected chi connectivity index (χ3v) is 4.09. The summed E-state index contributed by atoms with van der Waals surface area (Å²) >= 11 is 0. The Balaban J connectivity index is 1.56. The quantitative estimate of drug-likeness (QED) is 0.830. The summed E-state index contributed by atoms with van der Waals surface area (Å²) in [5.41, 5.74) is 0.325. The SMILES string of the molecule is CC1CCC(OC(=O)c2cn(C3CNC3)nn2)CC1.